The van der Waals surface area contributed by atoms with Gasteiger partial charge in [-0.3, -0.25) is 9.59 Å². The molecule has 0 saturated heterocycles. The van der Waals surface area contributed by atoms with Crippen LogP contribution >= 0.6 is 0 Å². The third-order valence-corrected chi connectivity index (χ3v) is 4.67. The summed E-state index contributed by atoms with van der Waals surface area (Å²) in [7, 11) is 0. The Morgan fingerprint density at radius 1 is 1.00 bits per heavy atom. The Labute approximate surface area is 160 Å². The zero-order chi connectivity index (χ0) is 19.2. The molecule has 27 heavy (non-hydrogen) atoms. The van der Waals surface area contributed by atoms with E-state index in [1.54, 1.807) is 18.2 Å². The molecule has 0 aromatic heterocycles. The van der Waals surface area contributed by atoms with Crippen LogP contribution in [0.4, 0.5) is 5.69 Å². The fraction of sp³-hybridized carbons (Fsp3) is 0.364. The van der Waals surface area contributed by atoms with Crippen molar-refractivity contribution in [2.75, 3.05) is 11.9 Å². The SMILES string of the molecule is CC(C)C(NCC(=O)Nc1ccccc1C(=O)NC1CC1)c1ccccc1. The lowest BCUT2D eigenvalue weighted by Crippen LogP contribution is -2.34. The number of hydrogen-bond acceptors (Lipinski definition) is 3. The van der Waals surface area contributed by atoms with E-state index in [2.05, 4.69) is 41.9 Å². The summed E-state index contributed by atoms with van der Waals surface area (Å²) in [5.74, 6) is 0.0470. The van der Waals surface area contributed by atoms with E-state index in [0.717, 1.165) is 18.4 Å². The average Bonchev–Trinajstić information content (AvgIpc) is 3.47. The van der Waals surface area contributed by atoms with Gasteiger partial charge < -0.3 is 16.0 Å². The molecular formula is C22H27N3O2. The standard InChI is InChI=1S/C22H27N3O2/c1-15(2)21(16-8-4-3-5-9-16)23-14-20(26)25-19-11-7-6-10-18(19)22(27)24-17-12-13-17/h3-11,15,17,21,23H,12-14H2,1-2H3,(H,24,27)(H,25,26). The van der Waals surface area contributed by atoms with Crippen LogP contribution in [0.3, 0.4) is 0 Å². The molecule has 142 valence electrons. The van der Waals surface area contributed by atoms with Gasteiger partial charge in [-0.05, 0) is 36.5 Å². The van der Waals surface area contributed by atoms with E-state index in [4.69, 9.17) is 0 Å². The van der Waals surface area contributed by atoms with Crippen molar-refractivity contribution in [3.05, 3.63) is 65.7 Å². The first-order chi connectivity index (χ1) is 13.0. The molecule has 1 aliphatic carbocycles. The zero-order valence-corrected chi connectivity index (χ0v) is 15.9. The summed E-state index contributed by atoms with van der Waals surface area (Å²) in [4.78, 5) is 24.8. The Balaban J connectivity index is 1.61. The maximum absolute atomic E-state index is 12.5. The van der Waals surface area contributed by atoms with Gasteiger partial charge in [-0.15, -0.1) is 0 Å². The molecule has 2 aromatic carbocycles. The second-order valence-electron chi connectivity index (χ2n) is 7.35. The highest BCUT2D eigenvalue weighted by Crippen LogP contribution is 2.22. The number of amides is 2. The maximum atomic E-state index is 12.5. The third-order valence-electron chi connectivity index (χ3n) is 4.67. The molecule has 0 radical (unpaired) electrons. The van der Waals surface area contributed by atoms with Crippen molar-refractivity contribution in [1.29, 1.82) is 0 Å². The Morgan fingerprint density at radius 3 is 2.33 bits per heavy atom. The molecule has 1 unspecified atom stereocenters. The first kappa shape index (κ1) is 19.1. The minimum absolute atomic E-state index is 0.0883. The number of para-hydroxylation sites is 1. The number of hydrogen-bond donors (Lipinski definition) is 3. The molecule has 1 aliphatic rings. The largest absolute Gasteiger partial charge is 0.349 e. The Kier molecular flexibility index (Phi) is 6.24. The highest BCUT2D eigenvalue weighted by atomic mass is 16.2. The second kappa shape index (κ2) is 8.82. The maximum Gasteiger partial charge on any atom is 0.253 e. The molecule has 0 bridgehead atoms. The number of anilines is 1. The topological polar surface area (TPSA) is 70.2 Å². The van der Waals surface area contributed by atoms with E-state index in [1.807, 2.05) is 24.3 Å². The van der Waals surface area contributed by atoms with Gasteiger partial charge in [0.25, 0.3) is 5.91 Å². The van der Waals surface area contributed by atoms with Crippen molar-refractivity contribution in [3.63, 3.8) is 0 Å². The number of carbonyl (C=O) groups excluding carboxylic acids is 2. The van der Waals surface area contributed by atoms with E-state index >= 15 is 0 Å². The smallest absolute Gasteiger partial charge is 0.253 e. The third kappa shape index (κ3) is 5.41. The van der Waals surface area contributed by atoms with Crippen molar-refractivity contribution >= 4 is 17.5 Å². The lowest BCUT2D eigenvalue weighted by Gasteiger charge is -2.23. The first-order valence-corrected chi connectivity index (χ1v) is 9.52. The molecule has 3 rings (SSSR count). The number of nitrogens with one attached hydrogen (secondary N) is 3. The van der Waals surface area contributed by atoms with E-state index < -0.39 is 0 Å². The van der Waals surface area contributed by atoms with Gasteiger partial charge in [0.1, 0.15) is 0 Å². The van der Waals surface area contributed by atoms with Gasteiger partial charge in [0.05, 0.1) is 17.8 Å². The molecule has 3 N–H and O–H groups in total. The van der Waals surface area contributed by atoms with Gasteiger partial charge in [-0.1, -0.05) is 56.3 Å². The van der Waals surface area contributed by atoms with Crippen LogP contribution in [0, 0.1) is 5.92 Å². The summed E-state index contributed by atoms with van der Waals surface area (Å²) < 4.78 is 0. The van der Waals surface area contributed by atoms with Gasteiger partial charge >= 0.3 is 0 Å². The summed E-state index contributed by atoms with van der Waals surface area (Å²) in [6.45, 7) is 4.43. The van der Waals surface area contributed by atoms with Crippen molar-refractivity contribution in [1.82, 2.24) is 10.6 Å². The first-order valence-electron chi connectivity index (χ1n) is 9.52. The van der Waals surface area contributed by atoms with Crippen molar-refractivity contribution in [2.45, 2.75) is 38.8 Å². The van der Waals surface area contributed by atoms with E-state index in [1.165, 1.54) is 0 Å². The second-order valence-corrected chi connectivity index (χ2v) is 7.35. The monoisotopic (exact) mass is 365 g/mol. The quantitative estimate of drug-likeness (QED) is 0.670. The molecule has 1 saturated carbocycles. The average molecular weight is 365 g/mol. The lowest BCUT2D eigenvalue weighted by atomic mass is 9.96. The van der Waals surface area contributed by atoms with Gasteiger partial charge in [0.15, 0.2) is 0 Å². The predicted octanol–water partition coefficient (Wildman–Crippen LogP) is 3.50. The van der Waals surface area contributed by atoms with E-state index in [-0.39, 0.29) is 30.4 Å². The fourth-order valence-electron chi connectivity index (χ4n) is 3.08. The zero-order valence-electron chi connectivity index (χ0n) is 15.9. The van der Waals surface area contributed by atoms with Crippen LogP contribution in [0.2, 0.25) is 0 Å². The number of carbonyl (C=O) groups is 2. The van der Waals surface area contributed by atoms with Crippen LogP contribution in [-0.2, 0) is 4.79 Å². The Morgan fingerprint density at radius 2 is 1.67 bits per heavy atom. The van der Waals surface area contributed by atoms with Gasteiger partial charge in [-0.2, -0.15) is 0 Å². The molecule has 0 heterocycles. The number of rotatable bonds is 8. The van der Waals surface area contributed by atoms with Crippen LogP contribution in [0.25, 0.3) is 0 Å². The molecule has 5 nitrogen and oxygen atoms in total. The highest BCUT2D eigenvalue weighted by molar-refractivity contribution is 6.04. The van der Waals surface area contributed by atoms with Crippen molar-refractivity contribution < 1.29 is 9.59 Å². The summed E-state index contributed by atoms with van der Waals surface area (Å²) in [6, 6.07) is 17.6. The number of benzene rings is 2. The summed E-state index contributed by atoms with van der Waals surface area (Å²) in [5.41, 5.74) is 2.20. The Hall–Kier alpha value is -2.66. The van der Waals surface area contributed by atoms with Crippen molar-refractivity contribution in [3.8, 4) is 0 Å². The highest BCUT2D eigenvalue weighted by Gasteiger charge is 2.25. The molecule has 5 heteroatoms. The minimum Gasteiger partial charge on any atom is -0.349 e. The summed E-state index contributed by atoms with van der Waals surface area (Å²) >= 11 is 0. The van der Waals surface area contributed by atoms with Gasteiger partial charge in [0, 0.05) is 12.1 Å². The summed E-state index contributed by atoms with van der Waals surface area (Å²) in [6.07, 6.45) is 2.06. The van der Waals surface area contributed by atoms with Gasteiger partial charge in [-0.25, -0.2) is 0 Å². The van der Waals surface area contributed by atoms with Crippen LogP contribution in [-0.4, -0.2) is 24.4 Å². The minimum atomic E-state index is -0.164. The molecular weight excluding hydrogens is 338 g/mol. The van der Waals surface area contributed by atoms with Gasteiger partial charge in [0.2, 0.25) is 5.91 Å². The normalized spacial score (nSPS) is 14.6. The van der Waals surface area contributed by atoms with Crippen molar-refractivity contribution in [2.24, 2.45) is 5.92 Å². The molecule has 1 fully saturated rings. The van der Waals surface area contributed by atoms with Crippen LogP contribution in [0.1, 0.15) is 48.7 Å². The molecule has 2 aromatic rings. The van der Waals surface area contributed by atoms with E-state index in [9.17, 15) is 9.59 Å². The summed E-state index contributed by atoms with van der Waals surface area (Å²) in [5, 5.41) is 9.17. The molecule has 0 aliphatic heterocycles. The predicted molar refractivity (Wildman–Crippen MR) is 108 cm³/mol. The van der Waals surface area contributed by atoms with Crippen LogP contribution in [0.5, 0.6) is 0 Å². The van der Waals surface area contributed by atoms with E-state index in [0.29, 0.717) is 17.2 Å². The lowest BCUT2D eigenvalue weighted by molar-refractivity contribution is -0.115. The van der Waals surface area contributed by atoms with Crippen LogP contribution < -0.4 is 16.0 Å². The molecule has 0 spiro atoms. The molecule has 2 amide bonds. The van der Waals surface area contributed by atoms with Crippen LogP contribution in [0.15, 0.2) is 54.6 Å². The fourth-order valence-corrected chi connectivity index (χ4v) is 3.08. The Bertz CT molecular complexity index is 785. The molecule has 1 atom stereocenters.